The molecule has 0 N–H and O–H groups in total. The highest BCUT2D eigenvalue weighted by molar-refractivity contribution is 9.10. The molecule has 2 nitrogen and oxygen atoms in total. The van der Waals surface area contributed by atoms with E-state index in [4.69, 9.17) is 4.74 Å². The van der Waals surface area contributed by atoms with Crippen molar-refractivity contribution >= 4 is 21.6 Å². The second-order valence-corrected chi connectivity index (χ2v) is 5.02. The Bertz CT molecular complexity index is 425. The summed E-state index contributed by atoms with van der Waals surface area (Å²) < 4.78 is 21.1. The second kappa shape index (κ2) is 2.95. The van der Waals surface area contributed by atoms with Gasteiger partial charge in [-0.25, -0.2) is 4.39 Å². The second-order valence-electron chi connectivity index (χ2n) is 4.11. The molecule has 2 aliphatic rings. The van der Waals surface area contributed by atoms with Gasteiger partial charge in [0.05, 0.1) is 6.61 Å². The molecule has 1 fully saturated rings. The first-order chi connectivity index (χ1) is 7.13. The van der Waals surface area contributed by atoms with Crippen LogP contribution >= 0.6 is 15.9 Å². The highest BCUT2D eigenvalue weighted by Crippen LogP contribution is 2.51. The summed E-state index contributed by atoms with van der Waals surface area (Å²) in [7, 11) is 1.88. The number of anilines is 1. The number of rotatable bonds is 0. The number of benzene rings is 1. The van der Waals surface area contributed by atoms with Gasteiger partial charge in [0.2, 0.25) is 0 Å². The fourth-order valence-corrected chi connectivity index (χ4v) is 2.90. The van der Waals surface area contributed by atoms with Crippen LogP contribution in [0.5, 0.6) is 0 Å². The van der Waals surface area contributed by atoms with Crippen molar-refractivity contribution in [3.63, 3.8) is 0 Å². The van der Waals surface area contributed by atoms with Gasteiger partial charge in [0.25, 0.3) is 0 Å². The van der Waals surface area contributed by atoms with Gasteiger partial charge in [0.15, 0.2) is 11.9 Å². The van der Waals surface area contributed by atoms with Gasteiger partial charge in [-0.2, -0.15) is 0 Å². The Morgan fingerprint density at radius 3 is 3.20 bits per heavy atom. The van der Waals surface area contributed by atoms with Crippen LogP contribution in [0.1, 0.15) is 12.0 Å². The van der Waals surface area contributed by atoms with Crippen LogP contribution in [0.25, 0.3) is 0 Å². The van der Waals surface area contributed by atoms with Crippen molar-refractivity contribution in [1.82, 2.24) is 0 Å². The van der Waals surface area contributed by atoms with Crippen LogP contribution in [0, 0.1) is 0 Å². The van der Waals surface area contributed by atoms with Crippen molar-refractivity contribution in [2.75, 3.05) is 18.6 Å². The van der Waals surface area contributed by atoms with Gasteiger partial charge < -0.3 is 9.64 Å². The molecule has 1 aromatic rings. The SMILES string of the molecule is CN1c2ccc(Br)cc2[C@]2(F)CCO[C@H]12. The highest BCUT2D eigenvalue weighted by Gasteiger charge is 2.55. The first kappa shape index (κ1) is 9.60. The third-order valence-corrected chi connectivity index (χ3v) is 3.76. The predicted molar refractivity (Wildman–Crippen MR) is 59.7 cm³/mol. The zero-order valence-corrected chi connectivity index (χ0v) is 9.92. The number of fused-ring (bicyclic) bond motifs is 3. The van der Waals surface area contributed by atoms with Gasteiger partial charge in [-0.3, -0.25) is 0 Å². The number of halogens is 2. The summed E-state index contributed by atoms with van der Waals surface area (Å²) in [4.78, 5) is 1.88. The third kappa shape index (κ3) is 1.12. The van der Waals surface area contributed by atoms with Crippen molar-refractivity contribution in [2.45, 2.75) is 18.3 Å². The van der Waals surface area contributed by atoms with Crippen LogP contribution in [0.3, 0.4) is 0 Å². The largest absolute Gasteiger partial charge is 0.354 e. The first-order valence-corrected chi connectivity index (χ1v) is 5.75. The molecular weight excluding hydrogens is 261 g/mol. The van der Waals surface area contributed by atoms with Crippen LogP contribution < -0.4 is 4.90 Å². The smallest absolute Gasteiger partial charge is 0.184 e. The summed E-state index contributed by atoms with van der Waals surface area (Å²) in [6.45, 7) is 0.497. The molecule has 80 valence electrons. The number of ether oxygens (including phenoxy) is 1. The Morgan fingerprint density at radius 1 is 1.60 bits per heavy atom. The van der Waals surface area contributed by atoms with E-state index in [1.165, 1.54) is 0 Å². The maximum absolute atomic E-state index is 14.7. The molecular formula is C11H11BrFNO. The molecule has 0 aromatic heterocycles. The minimum Gasteiger partial charge on any atom is -0.354 e. The lowest BCUT2D eigenvalue weighted by atomic mass is 9.95. The fourth-order valence-electron chi connectivity index (χ4n) is 2.54. The van der Waals surface area contributed by atoms with Gasteiger partial charge in [-0.15, -0.1) is 0 Å². The molecule has 0 bridgehead atoms. The molecule has 2 atom stereocenters. The highest BCUT2D eigenvalue weighted by atomic mass is 79.9. The van der Waals surface area contributed by atoms with Gasteiger partial charge >= 0.3 is 0 Å². The average Bonchev–Trinajstić information content (AvgIpc) is 2.67. The molecule has 1 saturated heterocycles. The zero-order chi connectivity index (χ0) is 10.6. The lowest BCUT2D eigenvalue weighted by molar-refractivity contribution is 0.0341. The number of likely N-dealkylation sites (N-methyl/N-ethyl adjacent to an activating group) is 1. The number of hydrogen-bond acceptors (Lipinski definition) is 2. The Morgan fingerprint density at radius 2 is 2.40 bits per heavy atom. The van der Waals surface area contributed by atoms with E-state index in [0.717, 1.165) is 15.7 Å². The Labute approximate surface area is 96.2 Å². The van der Waals surface area contributed by atoms with Crippen LogP contribution in [0.15, 0.2) is 22.7 Å². The summed E-state index contributed by atoms with van der Waals surface area (Å²) in [5.41, 5.74) is 0.362. The zero-order valence-electron chi connectivity index (χ0n) is 8.34. The number of nitrogens with zero attached hydrogens (tertiary/aromatic N) is 1. The topological polar surface area (TPSA) is 12.5 Å². The maximum Gasteiger partial charge on any atom is 0.184 e. The molecule has 0 aliphatic carbocycles. The van der Waals surface area contributed by atoms with Gasteiger partial charge in [-0.1, -0.05) is 15.9 Å². The fraction of sp³-hybridized carbons (Fsp3) is 0.455. The van der Waals surface area contributed by atoms with E-state index in [0.29, 0.717) is 13.0 Å². The minimum absolute atomic E-state index is 0.443. The van der Waals surface area contributed by atoms with Crippen LogP contribution in [-0.2, 0) is 10.4 Å². The predicted octanol–water partition coefficient (Wildman–Crippen LogP) is 2.81. The van der Waals surface area contributed by atoms with Crippen molar-refractivity contribution < 1.29 is 9.13 Å². The molecule has 0 saturated carbocycles. The summed E-state index contributed by atoms with van der Waals surface area (Å²) in [5, 5.41) is 0. The van der Waals surface area contributed by atoms with Crippen molar-refractivity contribution in [1.29, 1.82) is 0 Å². The molecule has 2 heterocycles. The van der Waals surface area contributed by atoms with E-state index in [9.17, 15) is 4.39 Å². The molecule has 1 aromatic carbocycles. The maximum atomic E-state index is 14.7. The van der Waals surface area contributed by atoms with Crippen LogP contribution in [-0.4, -0.2) is 19.9 Å². The Kier molecular flexibility index (Phi) is 1.89. The van der Waals surface area contributed by atoms with E-state index < -0.39 is 11.9 Å². The normalized spacial score (nSPS) is 33.0. The van der Waals surface area contributed by atoms with Gasteiger partial charge in [0, 0.05) is 29.2 Å². The summed E-state index contributed by atoms with van der Waals surface area (Å²) in [5.74, 6) is 0. The Balaban J connectivity index is 2.21. The number of alkyl halides is 1. The van der Waals surface area contributed by atoms with Crippen LogP contribution in [0.4, 0.5) is 10.1 Å². The molecule has 15 heavy (non-hydrogen) atoms. The monoisotopic (exact) mass is 271 g/mol. The average molecular weight is 272 g/mol. The van der Waals surface area contributed by atoms with E-state index in [1.807, 2.05) is 30.1 Å². The minimum atomic E-state index is -1.33. The van der Waals surface area contributed by atoms with Crippen LogP contribution in [0.2, 0.25) is 0 Å². The van der Waals surface area contributed by atoms with E-state index in [1.54, 1.807) is 0 Å². The van der Waals surface area contributed by atoms with E-state index in [2.05, 4.69) is 15.9 Å². The third-order valence-electron chi connectivity index (χ3n) is 3.27. The van der Waals surface area contributed by atoms with Crippen molar-refractivity contribution in [3.05, 3.63) is 28.2 Å². The molecule has 0 spiro atoms. The molecule has 0 amide bonds. The quantitative estimate of drug-likeness (QED) is 0.720. The molecule has 0 radical (unpaired) electrons. The Hall–Kier alpha value is -0.610. The standard InChI is InChI=1S/C11H11BrFNO/c1-14-9-3-2-7(12)6-8(9)11(13)4-5-15-10(11)14/h2-3,6,10H,4-5H2,1H3/t10-,11+/m0/s1. The van der Waals surface area contributed by atoms with Gasteiger partial charge in [-0.05, 0) is 18.2 Å². The van der Waals surface area contributed by atoms with Gasteiger partial charge in [0.1, 0.15) is 0 Å². The van der Waals surface area contributed by atoms with E-state index >= 15 is 0 Å². The van der Waals surface area contributed by atoms with E-state index in [-0.39, 0.29) is 0 Å². The summed E-state index contributed by atoms with van der Waals surface area (Å²) >= 11 is 3.38. The summed E-state index contributed by atoms with van der Waals surface area (Å²) in [6, 6.07) is 5.72. The first-order valence-electron chi connectivity index (χ1n) is 4.96. The summed E-state index contributed by atoms with van der Waals surface area (Å²) in [6.07, 6.45) is 0.00708. The lowest BCUT2D eigenvalue weighted by Crippen LogP contribution is -2.36. The number of hydrogen-bond donors (Lipinski definition) is 0. The molecule has 2 aliphatic heterocycles. The van der Waals surface area contributed by atoms with Crippen molar-refractivity contribution in [2.24, 2.45) is 0 Å². The molecule has 3 rings (SSSR count). The van der Waals surface area contributed by atoms with Crippen molar-refractivity contribution in [3.8, 4) is 0 Å². The molecule has 0 unspecified atom stereocenters. The molecule has 4 heteroatoms. The lowest BCUT2D eigenvalue weighted by Gasteiger charge is -2.23.